The van der Waals surface area contributed by atoms with Gasteiger partial charge in [0.1, 0.15) is 5.82 Å². The van der Waals surface area contributed by atoms with Gasteiger partial charge in [-0.05, 0) is 24.6 Å². The smallest absolute Gasteiger partial charge is 0.129 e. The quantitative estimate of drug-likeness (QED) is 0.680. The second-order valence-corrected chi connectivity index (χ2v) is 4.41. The molecule has 102 valence electrons. The Hall–Kier alpha value is -0.840. The summed E-state index contributed by atoms with van der Waals surface area (Å²) in [5.41, 5.74) is 1.06. The Bertz CT molecular complexity index is 350. The first kappa shape index (κ1) is 15.2. The van der Waals surface area contributed by atoms with Crippen LogP contribution in [0.25, 0.3) is 0 Å². The zero-order valence-electron chi connectivity index (χ0n) is 11.2. The fraction of sp³-hybridized carbons (Fsp3) is 0.615. The Kier molecular flexibility index (Phi) is 7.01. The van der Waals surface area contributed by atoms with Gasteiger partial charge in [0.15, 0.2) is 0 Å². The molecule has 1 unspecified atom stereocenters. The number of hydrogen-bond donors (Lipinski definition) is 0. The second kappa shape index (κ2) is 8.29. The summed E-state index contributed by atoms with van der Waals surface area (Å²) in [6, 6.07) is 4.17. The molecule has 0 aliphatic carbocycles. The van der Waals surface area contributed by atoms with Gasteiger partial charge in [-0.3, -0.25) is 0 Å². The second-order valence-electron chi connectivity index (χ2n) is 4.15. The van der Waals surface area contributed by atoms with Crippen molar-refractivity contribution in [2.24, 2.45) is 0 Å². The van der Waals surface area contributed by atoms with E-state index in [1.807, 2.05) is 12.1 Å². The molecule has 0 spiro atoms. The van der Waals surface area contributed by atoms with Gasteiger partial charge < -0.3 is 14.4 Å². The minimum atomic E-state index is 0.239. The molecule has 0 radical (unpaired) electrons. The van der Waals surface area contributed by atoms with Crippen LogP contribution in [-0.4, -0.2) is 45.0 Å². The molecule has 0 fully saturated rings. The summed E-state index contributed by atoms with van der Waals surface area (Å²) in [6.45, 7) is 4.19. The largest absolute Gasteiger partial charge is 0.383 e. The molecule has 0 aliphatic rings. The third-order valence-corrected chi connectivity index (χ3v) is 3.04. The average molecular weight is 273 g/mol. The number of ether oxygens (including phenoxy) is 2. The van der Waals surface area contributed by atoms with Crippen molar-refractivity contribution in [1.29, 1.82) is 0 Å². The molecule has 4 nitrogen and oxygen atoms in total. The maximum atomic E-state index is 5.85. The van der Waals surface area contributed by atoms with Gasteiger partial charge in [0.05, 0.1) is 19.3 Å². The molecule has 0 aromatic carbocycles. The third-order valence-electron chi connectivity index (χ3n) is 2.73. The zero-order valence-corrected chi connectivity index (χ0v) is 12.0. The highest BCUT2D eigenvalue weighted by Gasteiger charge is 2.15. The minimum absolute atomic E-state index is 0.239. The van der Waals surface area contributed by atoms with Gasteiger partial charge in [0.2, 0.25) is 0 Å². The van der Waals surface area contributed by atoms with Crippen LogP contribution < -0.4 is 4.90 Å². The highest BCUT2D eigenvalue weighted by Crippen LogP contribution is 2.16. The molecule has 0 amide bonds. The van der Waals surface area contributed by atoms with Crippen molar-refractivity contribution in [2.45, 2.75) is 18.8 Å². The van der Waals surface area contributed by atoms with Crippen LogP contribution in [0, 0.1) is 0 Å². The van der Waals surface area contributed by atoms with Crippen molar-refractivity contribution in [3.63, 3.8) is 0 Å². The molecule has 18 heavy (non-hydrogen) atoms. The van der Waals surface area contributed by atoms with E-state index >= 15 is 0 Å². The maximum Gasteiger partial charge on any atom is 0.129 e. The van der Waals surface area contributed by atoms with E-state index in [9.17, 15) is 0 Å². The van der Waals surface area contributed by atoms with Crippen LogP contribution in [0.2, 0.25) is 0 Å². The molecule has 5 heteroatoms. The predicted octanol–water partition coefficient (Wildman–Crippen LogP) is 2.31. The molecule has 1 aromatic rings. The number of hydrogen-bond acceptors (Lipinski definition) is 4. The Morgan fingerprint density at radius 2 is 2.17 bits per heavy atom. The van der Waals surface area contributed by atoms with Crippen LogP contribution in [0.3, 0.4) is 0 Å². The first-order valence-electron chi connectivity index (χ1n) is 5.98. The van der Waals surface area contributed by atoms with E-state index in [-0.39, 0.29) is 6.04 Å². The highest BCUT2D eigenvalue weighted by molar-refractivity contribution is 6.17. The van der Waals surface area contributed by atoms with Crippen LogP contribution in [-0.2, 0) is 15.4 Å². The normalized spacial score (nSPS) is 12.4. The summed E-state index contributed by atoms with van der Waals surface area (Å²) in [5.74, 6) is 1.40. The number of nitrogens with zero attached hydrogens (tertiary/aromatic N) is 2. The number of halogens is 1. The summed E-state index contributed by atoms with van der Waals surface area (Å²) in [6.07, 6.45) is 1.78. The Morgan fingerprint density at radius 1 is 1.39 bits per heavy atom. The van der Waals surface area contributed by atoms with Gasteiger partial charge in [0.25, 0.3) is 0 Å². The lowest BCUT2D eigenvalue weighted by atomic mass is 10.2. The lowest BCUT2D eigenvalue weighted by molar-refractivity contribution is 0.170. The molecule has 1 atom stereocenters. The molecule has 0 saturated carbocycles. The van der Waals surface area contributed by atoms with E-state index in [1.54, 1.807) is 20.4 Å². The van der Waals surface area contributed by atoms with Gasteiger partial charge in [-0.2, -0.15) is 0 Å². The topological polar surface area (TPSA) is 34.6 Å². The maximum absolute atomic E-state index is 5.85. The van der Waals surface area contributed by atoms with Crippen molar-refractivity contribution in [3.05, 3.63) is 23.9 Å². The lowest BCUT2D eigenvalue weighted by Gasteiger charge is -2.29. The summed E-state index contributed by atoms with van der Waals surface area (Å²) in [4.78, 5) is 6.57. The third kappa shape index (κ3) is 4.44. The van der Waals surface area contributed by atoms with Gasteiger partial charge in [-0.25, -0.2) is 4.98 Å². The molecule has 0 N–H and O–H groups in total. The Balaban J connectivity index is 2.85. The van der Waals surface area contributed by atoms with Crippen LogP contribution in [0.4, 0.5) is 5.82 Å². The molecule has 1 rings (SSSR count). The van der Waals surface area contributed by atoms with E-state index in [0.717, 1.165) is 17.9 Å². The fourth-order valence-corrected chi connectivity index (χ4v) is 1.95. The monoisotopic (exact) mass is 272 g/mol. The summed E-state index contributed by atoms with van der Waals surface area (Å²) in [7, 11) is 3.40. The summed E-state index contributed by atoms with van der Waals surface area (Å²) < 4.78 is 10.3. The number of alkyl halides is 1. The van der Waals surface area contributed by atoms with E-state index in [0.29, 0.717) is 19.1 Å². The number of rotatable bonds is 8. The fourth-order valence-electron chi connectivity index (χ4n) is 1.78. The predicted molar refractivity (Wildman–Crippen MR) is 74.4 cm³/mol. The van der Waals surface area contributed by atoms with Crippen molar-refractivity contribution in [1.82, 2.24) is 4.98 Å². The number of pyridine rings is 1. The molecule has 0 bridgehead atoms. The molecule has 1 heterocycles. The number of methoxy groups -OCH3 is 2. The first-order valence-corrected chi connectivity index (χ1v) is 6.51. The number of anilines is 1. The van der Waals surface area contributed by atoms with Crippen LogP contribution in [0.5, 0.6) is 0 Å². The summed E-state index contributed by atoms with van der Waals surface area (Å²) in [5, 5.41) is 0. The molecule has 0 saturated heterocycles. The highest BCUT2D eigenvalue weighted by atomic mass is 35.5. The van der Waals surface area contributed by atoms with Gasteiger partial charge >= 0.3 is 0 Å². The SMILES string of the molecule is COCCN(c1cc(CCl)ccn1)C(C)COC. The van der Waals surface area contributed by atoms with Crippen molar-refractivity contribution < 1.29 is 9.47 Å². The van der Waals surface area contributed by atoms with E-state index in [2.05, 4.69) is 16.8 Å². The van der Waals surface area contributed by atoms with E-state index in [1.165, 1.54) is 0 Å². The van der Waals surface area contributed by atoms with Gasteiger partial charge in [-0.1, -0.05) is 0 Å². The minimum Gasteiger partial charge on any atom is -0.383 e. The average Bonchev–Trinajstić information content (AvgIpc) is 2.40. The van der Waals surface area contributed by atoms with Crippen molar-refractivity contribution >= 4 is 17.4 Å². The lowest BCUT2D eigenvalue weighted by Crippen LogP contribution is -2.39. The summed E-state index contributed by atoms with van der Waals surface area (Å²) >= 11 is 5.85. The molecule has 1 aromatic heterocycles. The van der Waals surface area contributed by atoms with Crippen LogP contribution in [0.15, 0.2) is 18.3 Å². The zero-order chi connectivity index (χ0) is 13.4. The Morgan fingerprint density at radius 3 is 2.78 bits per heavy atom. The van der Waals surface area contributed by atoms with E-state index < -0.39 is 0 Å². The Labute approximate surface area is 114 Å². The number of aromatic nitrogens is 1. The van der Waals surface area contributed by atoms with Crippen molar-refractivity contribution in [3.8, 4) is 0 Å². The molecular weight excluding hydrogens is 252 g/mol. The molecular formula is C13H21ClN2O2. The van der Waals surface area contributed by atoms with E-state index in [4.69, 9.17) is 21.1 Å². The van der Waals surface area contributed by atoms with Crippen LogP contribution in [0.1, 0.15) is 12.5 Å². The van der Waals surface area contributed by atoms with Crippen molar-refractivity contribution in [2.75, 3.05) is 38.9 Å². The van der Waals surface area contributed by atoms with Gasteiger partial charge in [-0.15, -0.1) is 11.6 Å². The van der Waals surface area contributed by atoms with Gasteiger partial charge in [0, 0.05) is 32.8 Å². The standard InChI is InChI=1S/C13H21ClN2O2/c1-11(10-18-3)16(6-7-17-2)13-8-12(9-14)4-5-15-13/h4-5,8,11H,6-7,9-10H2,1-3H3. The first-order chi connectivity index (χ1) is 8.72. The van der Waals surface area contributed by atoms with Crippen LogP contribution >= 0.6 is 11.6 Å². The molecule has 0 aliphatic heterocycles.